The van der Waals surface area contributed by atoms with E-state index in [0.717, 1.165) is 122 Å². The van der Waals surface area contributed by atoms with Crippen molar-refractivity contribution in [2.24, 2.45) is 5.92 Å². The number of hydrogen-bond donors (Lipinski definition) is 2. The first-order chi connectivity index (χ1) is 29.4. The monoisotopic (exact) mass is 836 g/mol. The van der Waals surface area contributed by atoms with Gasteiger partial charge < -0.3 is 24.6 Å². The highest BCUT2D eigenvalue weighted by Gasteiger charge is 2.39. The van der Waals surface area contributed by atoms with Gasteiger partial charge in [0.15, 0.2) is 0 Å². The van der Waals surface area contributed by atoms with Crippen LogP contribution in [0.2, 0.25) is 0 Å². The molecule has 61 heavy (non-hydrogen) atoms. The fourth-order valence-corrected chi connectivity index (χ4v) is 9.25. The van der Waals surface area contributed by atoms with Crippen molar-refractivity contribution in [3.05, 3.63) is 124 Å². The lowest BCUT2D eigenvalue weighted by Gasteiger charge is -2.34. The van der Waals surface area contributed by atoms with E-state index in [0.29, 0.717) is 42.4 Å². The lowest BCUT2D eigenvalue weighted by Crippen LogP contribution is -2.52. The number of alkyl halides is 3. The van der Waals surface area contributed by atoms with Crippen LogP contribution in [0.1, 0.15) is 103 Å². The van der Waals surface area contributed by atoms with Crippen LogP contribution in [-0.4, -0.2) is 65.8 Å². The second kappa shape index (κ2) is 18.2. The molecule has 0 saturated carbocycles. The van der Waals surface area contributed by atoms with E-state index in [4.69, 9.17) is 9.47 Å². The molecule has 9 nitrogen and oxygen atoms in total. The Bertz CT molecular complexity index is 2290. The number of amides is 3. The minimum Gasteiger partial charge on any atom is -0.490 e. The van der Waals surface area contributed by atoms with Gasteiger partial charge in [-0.3, -0.25) is 19.7 Å². The van der Waals surface area contributed by atoms with Crippen LogP contribution in [0.3, 0.4) is 0 Å². The Hall–Kier alpha value is -5.62. The number of hydrogen-bond acceptors (Lipinski definition) is 7. The molecule has 4 aromatic carbocycles. The molecule has 2 fully saturated rings. The summed E-state index contributed by atoms with van der Waals surface area (Å²) in [5.41, 5.74) is 6.66. The normalized spacial score (nSPS) is 19.1. The molecular formula is C49H55F3N4O5. The molecule has 3 heterocycles. The number of nitrogens with zero attached hydrogens (tertiary/aromatic N) is 2. The van der Waals surface area contributed by atoms with Gasteiger partial charge in [0.25, 0.3) is 5.91 Å². The number of anilines is 1. The Morgan fingerprint density at radius 2 is 1.57 bits per heavy atom. The van der Waals surface area contributed by atoms with E-state index < -0.39 is 23.7 Å². The molecule has 8 rings (SSSR count). The number of carbonyl (C=O) groups is 3. The molecule has 322 valence electrons. The summed E-state index contributed by atoms with van der Waals surface area (Å²) in [6.07, 6.45) is 2.85. The van der Waals surface area contributed by atoms with Crippen molar-refractivity contribution in [1.82, 2.24) is 15.1 Å². The summed E-state index contributed by atoms with van der Waals surface area (Å²) in [5, 5.41) is 5.93. The molecule has 4 aromatic rings. The van der Waals surface area contributed by atoms with Gasteiger partial charge in [-0.2, -0.15) is 13.2 Å². The Balaban J connectivity index is 0.00000578. The third kappa shape index (κ3) is 9.80. The fraction of sp³-hybridized carbons (Fsp3) is 0.408. The van der Waals surface area contributed by atoms with E-state index in [1.54, 1.807) is 4.90 Å². The van der Waals surface area contributed by atoms with Gasteiger partial charge in [-0.15, -0.1) is 0 Å². The minimum atomic E-state index is -4.40. The molecule has 0 spiro atoms. The van der Waals surface area contributed by atoms with Crippen LogP contribution in [0.4, 0.5) is 18.9 Å². The minimum absolute atomic E-state index is 0. The Morgan fingerprint density at radius 1 is 0.836 bits per heavy atom. The Kier molecular flexibility index (Phi) is 12.5. The topological polar surface area (TPSA) is 100 Å². The summed E-state index contributed by atoms with van der Waals surface area (Å²) in [6.45, 7) is 8.40. The second-order valence-corrected chi connectivity index (χ2v) is 16.9. The van der Waals surface area contributed by atoms with Crippen LogP contribution in [0.5, 0.6) is 11.5 Å². The number of nitrogens with one attached hydrogen (secondary N) is 2. The van der Waals surface area contributed by atoms with Crippen molar-refractivity contribution < 1.29 is 38.5 Å². The van der Waals surface area contributed by atoms with E-state index in [2.05, 4.69) is 28.5 Å². The molecule has 0 radical (unpaired) electrons. The van der Waals surface area contributed by atoms with Gasteiger partial charge in [0.05, 0.1) is 5.56 Å². The predicted molar refractivity (Wildman–Crippen MR) is 231 cm³/mol. The molecule has 2 atom stereocenters. The summed E-state index contributed by atoms with van der Waals surface area (Å²) in [4.78, 5) is 41.3. The number of halogens is 3. The number of carbonyl (C=O) groups excluding carboxylic acids is 3. The Labute approximate surface area is 356 Å². The van der Waals surface area contributed by atoms with Crippen molar-refractivity contribution in [1.29, 1.82) is 0 Å². The summed E-state index contributed by atoms with van der Waals surface area (Å²) >= 11 is 0. The summed E-state index contributed by atoms with van der Waals surface area (Å²) in [5.74, 6) is 1.76. The van der Waals surface area contributed by atoms with Crippen molar-refractivity contribution in [3.63, 3.8) is 0 Å². The zero-order chi connectivity index (χ0) is 42.7. The zero-order valence-corrected chi connectivity index (χ0v) is 34.8. The first-order valence-electron chi connectivity index (χ1n) is 21.6. The molecular weight excluding hydrogens is 782 g/mol. The molecule has 0 aromatic heterocycles. The van der Waals surface area contributed by atoms with Gasteiger partial charge in [0.1, 0.15) is 29.4 Å². The van der Waals surface area contributed by atoms with Gasteiger partial charge >= 0.3 is 6.18 Å². The molecule has 2 unspecified atom stereocenters. The lowest BCUT2D eigenvalue weighted by atomic mass is 9.86. The highest BCUT2D eigenvalue weighted by atomic mass is 19.4. The first-order valence-corrected chi connectivity index (χ1v) is 21.6. The number of fused-ring (bicyclic) bond motifs is 2. The van der Waals surface area contributed by atoms with Crippen LogP contribution in [-0.2, 0) is 28.7 Å². The molecule has 3 amide bonds. The lowest BCUT2D eigenvalue weighted by molar-refractivity contribution is -0.138. The fourth-order valence-electron chi connectivity index (χ4n) is 9.25. The van der Waals surface area contributed by atoms with Crippen molar-refractivity contribution in [3.8, 4) is 11.5 Å². The summed E-state index contributed by atoms with van der Waals surface area (Å²) in [7, 11) is 0. The molecule has 0 bridgehead atoms. The van der Waals surface area contributed by atoms with Gasteiger partial charge in [-0.1, -0.05) is 49.2 Å². The maximum Gasteiger partial charge on any atom is 0.416 e. The number of imide groups is 1. The van der Waals surface area contributed by atoms with E-state index >= 15 is 0 Å². The molecule has 3 aliphatic heterocycles. The van der Waals surface area contributed by atoms with Crippen LogP contribution in [0.15, 0.2) is 84.9 Å². The number of likely N-dealkylation sites (tertiary alicyclic amines) is 1. The average Bonchev–Trinajstić information content (AvgIpc) is 3.56. The zero-order valence-electron chi connectivity index (χ0n) is 34.8. The third-order valence-electron chi connectivity index (χ3n) is 12.5. The molecule has 2 N–H and O–H groups in total. The van der Waals surface area contributed by atoms with Crippen molar-refractivity contribution in [2.45, 2.75) is 96.5 Å². The first kappa shape index (κ1) is 42.1. The Morgan fingerprint density at radius 3 is 2.30 bits per heavy atom. The third-order valence-corrected chi connectivity index (χ3v) is 12.5. The SMILES string of the molecule is CCCC(CCNc1ccc2c(c1)CN(C1CCC(=O)NC1=O)C2=O)CN1CCC(Oc2ccc(OC3=C(c4ccc(C(F)(F)F)cc4)CCc4cc(C)ccc43)cc2)CC1.[HH]. The molecule has 2 saturated heterocycles. The van der Waals surface area contributed by atoms with E-state index in [9.17, 15) is 27.6 Å². The summed E-state index contributed by atoms with van der Waals surface area (Å²) in [6, 6.07) is 24.4. The van der Waals surface area contributed by atoms with Gasteiger partial charge in [0.2, 0.25) is 11.8 Å². The molecule has 4 aliphatic rings. The van der Waals surface area contributed by atoms with Crippen LogP contribution < -0.4 is 20.1 Å². The highest BCUT2D eigenvalue weighted by Crippen LogP contribution is 2.40. The number of rotatable bonds is 14. The number of aryl methyl sites for hydroxylation is 2. The maximum atomic E-state index is 13.3. The van der Waals surface area contributed by atoms with Crippen molar-refractivity contribution in [2.75, 3.05) is 31.5 Å². The number of benzene rings is 4. The number of allylic oxidation sites excluding steroid dienone is 1. The number of ether oxygens (including phenoxy) is 2. The smallest absolute Gasteiger partial charge is 0.416 e. The van der Waals surface area contributed by atoms with E-state index in [1.807, 2.05) is 61.5 Å². The predicted octanol–water partition coefficient (Wildman–Crippen LogP) is 9.68. The molecule has 12 heteroatoms. The summed E-state index contributed by atoms with van der Waals surface area (Å²) < 4.78 is 53.0. The quantitative estimate of drug-likeness (QED) is 0.122. The van der Waals surface area contributed by atoms with Gasteiger partial charge in [-0.05, 0) is 129 Å². The standard InChI is InChI=1S/C49H53F3N4O5.H2/c1-3-4-32(21-24-53-37-11-18-43-35(28-37)30-56(48(43)59)44-19-20-45(57)54-47(44)58)29-55-25-22-40(23-26-55)60-38-12-14-39(15-13-38)61-46-41(17-8-34-27-31(2)5-16-42(34)46)33-6-9-36(10-7-33)49(50,51)52;/h5-7,9-16,18,27-28,32,40,44,53H,3-4,8,17,19-26,29-30H2,1-2H3,(H,54,57,58);1H. The van der Waals surface area contributed by atoms with Crippen LogP contribution >= 0.6 is 0 Å². The van der Waals surface area contributed by atoms with Crippen LogP contribution in [0.25, 0.3) is 11.3 Å². The largest absolute Gasteiger partial charge is 0.490 e. The van der Waals surface area contributed by atoms with Gasteiger partial charge in [-0.25, -0.2) is 0 Å². The van der Waals surface area contributed by atoms with Gasteiger partial charge in [0, 0.05) is 63.0 Å². The molecule has 1 aliphatic carbocycles. The van der Waals surface area contributed by atoms with Crippen molar-refractivity contribution >= 4 is 34.7 Å². The highest BCUT2D eigenvalue weighted by molar-refractivity contribution is 6.05. The average molecular weight is 837 g/mol. The van der Waals surface area contributed by atoms with E-state index in [-0.39, 0.29) is 25.8 Å². The van der Waals surface area contributed by atoms with E-state index in [1.165, 1.54) is 12.1 Å². The second-order valence-electron chi connectivity index (χ2n) is 16.9. The van der Waals surface area contributed by atoms with Crippen LogP contribution in [0, 0.1) is 12.8 Å². The maximum absolute atomic E-state index is 13.3. The number of piperidine rings is 2.